The molecule has 0 aliphatic carbocycles. The van der Waals surface area contributed by atoms with E-state index in [1.807, 2.05) is 11.0 Å². The summed E-state index contributed by atoms with van der Waals surface area (Å²) in [6.45, 7) is 8.00. The Balaban J connectivity index is 1.43. The second-order valence-corrected chi connectivity index (χ2v) is 9.00. The van der Waals surface area contributed by atoms with Crippen molar-refractivity contribution in [2.24, 2.45) is 0 Å². The van der Waals surface area contributed by atoms with Crippen LogP contribution in [-0.2, 0) is 0 Å². The molecule has 10 heteroatoms. The van der Waals surface area contributed by atoms with E-state index < -0.39 is 11.6 Å². The quantitative estimate of drug-likeness (QED) is 0.288. The van der Waals surface area contributed by atoms with Crippen LogP contribution in [0.2, 0.25) is 0 Å². The number of aromatic nitrogens is 5. The van der Waals surface area contributed by atoms with Crippen LogP contribution in [0.3, 0.4) is 0 Å². The van der Waals surface area contributed by atoms with Gasteiger partial charge in [-0.3, -0.25) is 0 Å². The molecule has 5 aromatic rings. The van der Waals surface area contributed by atoms with Crippen LogP contribution in [0.4, 0.5) is 20.3 Å². The zero-order chi connectivity index (χ0) is 23.4. The summed E-state index contributed by atoms with van der Waals surface area (Å²) in [6, 6.07) is 8.65. The minimum Gasteiger partial charge on any atom is -0.349 e. The number of hydrogen-bond acceptors (Lipinski definition) is 4. The van der Waals surface area contributed by atoms with Crippen LogP contribution in [0, 0.1) is 18.2 Å². The first-order chi connectivity index (χ1) is 16.5. The summed E-state index contributed by atoms with van der Waals surface area (Å²) in [5, 5.41) is 4.40. The van der Waals surface area contributed by atoms with E-state index >= 15 is 0 Å². The number of anilines is 1. The summed E-state index contributed by atoms with van der Waals surface area (Å²) in [4.78, 5) is 18.3. The second-order valence-electron chi connectivity index (χ2n) is 8.15. The number of hydrogen-bond donors (Lipinski definition) is 1. The highest BCUT2D eigenvalue weighted by Gasteiger charge is 2.30. The molecule has 6 rings (SSSR count). The van der Waals surface area contributed by atoms with E-state index in [4.69, 9.17) is 11.6 Å². The van der Waals surface area contributed by atoms with Crippen molar-refractivity contribution >= 4 is 44.1 Å². The SMILES string of the molecule is [C-]#[N+]c1cc2[nH]c(-c3cnn4ccc(N5CCC[C@@H]5c5cc(F)ccc5F)nc34)nc2cc1Br. The Bertz CT molecular complexity index is 1620. The molecular formula is C24H16BrF2N7. The molecule has 0 amide bonds. The molecule has 0 saturated carbocycles. The summed E-state index contributed by atoms with van der Waals surface area (Å²) in [5.41, 5.74) is 3.57. The first-order valence-electron chi connectivity index (χ1n) is 10.6. The van der Waals surface area contributed by atoms with Gasteiger partial charge in [-0.2, -0.15) is 5.10 Å². The van der Waals surface area contributed by atoms with E-state index in [-0.39, 0.29) is 6.04 Å². The van der Waals surface area contributed by atoms with E-state index in [0.29, 0.717) is 57.1 Å². The minimum atomic E-state index is -0.456. The Hall–Kier alpha value is -3.84. The van der Waals surface area contributed by atoms with Crippen LogP contribution < -0.4 is 4.90 Å². The van der Waals surface area contributed by atoms with Gasteiger partial charge in [0, 0.05) is 22.8 Å². The first kappa shape index (κ1) is 20.7. The fourth-order valence-corrected chi connectivity index (χ4v) is 4.97. The molecule has 3 aromatic heterocycles. The van der Waals surface area contributed by atoms with Crippen LogP contribution >= 0.6 is 15.9 Å². The highest BCUT2D eigenvalue weighted by Crippen LogP contribution is 2.37. The summed E-state index contributed by atoms with van der Waals surface area (Å²) in [7, 11) is 0. The normalized spacial score (nSPS) is 15.9. The largest absolute Gasteiger partial charge is 0.349 e. The zero-order valence-corrected chi connectivity index (χ0v) is 19.2. The van der Waals surface area contributed by atoms with E-state index in [0.717, 1.165) is 18.0 Å². The number of benzene rings is 2. The Morgan fingerprint density at radius 1 is 1.15 bits per heavy atom. The predicted octanol–water partition coefficient (Wildman–Crippen LogP) is 6.21. The lowest BCUT2D eigenvalue weighted by atomic mass is 10.0. The first-order valence-corrected chi connectivity index (χ1v) is 11.4. The van der Waals surface area contributed by atoms with E-state index in [2.05, 4.69) is 35.8 Å². The van der Waals surface area contributed by atoms with Gasteiger partial charge in [0.25, 0.3) is 0 Å². The Kier molecular flexibility index (Phi) is 4.81. The van der Waals surface area contributed by atoms with Gasteiger partial charge >= 0.3 is 0 Å². The van der Waals surface area contributed by atoms with Crippen LogP contribution in [0.1, 0.15) is 24.4 Å². The van der Waals surface area contributed by atoms with Gasteiger partial charge in [-0.15, -0.1) is 0 Å². The average Bonchev–Trinajstić information content (AvgIpc) is 3.57. The van der Waals surface area contributed by atoms with Crippen molar-refractivity contribution in [1.82, 2.24) is 24.6 Å². The van der Waals surface area contributed by atoms with Crippen LogP contribution in [0.5, 0.6) is 0 Å². The molecule has 7 nitrogen and oxygen atoms in total. The molecule has 1 aliphatic rings. The summed E-state index contributed by atoms with van der Waals surface area (Å²) in [5.74, 6) is 0.367. The number of aromatic amines is 1. The molecule has 0 bridgehead atoms. The molecule has 2 aromatic carbocycles. The fourth-order valence-electron chi connectivity index (χ4n) is 4.55. The van der Waals surface area contributed by atoms with Crippen molar-refractivity contribution in [3.63, 3.8) is 0 Å². The van der Waals surface area contributed by atoms with Crippen LogP contribution in [0.25, 0.3) is 32.9 Å². The zero-order valence-electron chi connectivity index (χ0n) is 17.6. The maximum absolute atomic E-state index is 14.5. The van der Waals surface area contributed by atoms with E-state index in [9.17, 15) is 8.78 Å². The lowest BCUT2D eigenvalue weighted by Crippen LogP contribution is -2.24. The van der Waals surface area contributed by atoms with Gasteiger partial charge in [-0.25, -0.2) is 28.1 Å². The number of imidazole rings is 1. The van der Waals surface area contributed by atoms with Crippen molar-refractivity contribution in [1.29, 1.82) is 0 Å². The third kappa shape index (κ3) is 3.31. The minimum absolute atomic E-state index is 0.299. The molecule has 1 N–H and O–H groups in total. The summed E-state index contributed by atoms with van der Waals surface area (Å²) < 4.78 is 30.7. The monoisotopic (exact) mass is 519 g/mol. The van der Waals surface area contributed by atoms with Crippen molar-refractivity contribution in [2.45, 2.75) is 18.9 Å². The average molecular weight is 520 g/mol. The highest BCUT2D eigenvalue weighted by atomic mass is 79.9. The fraction of sp³-hybridized carbons (Fsp3) is 0.167. The molecule has 0 unspecified atom stereocenters. The standard InChI is InChI=1S/C24H16BrF2N7/c1-28-18-11-20-19(10-16(18)25)30-23(31-20)15-12-29-34-8-6-22(32-24(15)34)33-7-2-3-21(33)14-9-13(26)4-5-17(14)27/h4-6,8-12,21H,2-3,7H2,(H,30,31)/t21-/m1/s1. The smallest absolute Gasteiger partial charge is 0.203 e. The molecule has 0 spiro atoms. The summed E-state index contributed by atoms with van der Waals surface area (Å²) >= 11 is 3.40. The molecule has 0 radical (unpaired) electrons. The molecule has 4 heterocycles. The van der Waals surface area contributed by atoms with Gasteiger partial charge in [0.1, 0.15) is 23.3 Å². The van der Waals surface area contributed by atoms with Gasteiger partial charge in [0.05, 0.1) is 35.4 Å². The number of fused-ring (bicyclic) bond motifs is 2. The third-order valence-electron chi connectivity index (χ3n) is 6.14. The third-order valence-corrected chi connectivity index (χ3v) is 6.78. The second kappa shape index (κ2) is 7.88. The van der Waals surface area contributed by atoms with E-state index in [1.165, 1.54) is 12.1 Å². The van der Waals surface area contributed by atoms with Crippen molar-refractivity contribution in [3.8, 4) is 11.4 Å². The van der Waals surface area contributed by atoms with Crippen molar-refractivity contribution in [2.75, 3.05) is 11.4 Å². The van der Waals surface area contributed by atoms with Gasteiger partial charge in [0.2, 0.25) is 5.69 Å². The lowest BCUT2D eigenvalue weighted by Gasteiger charge is -2.26. The Labute approximate surface area is 201 Å². The molecular weight excluding hydrogens is 504 g/mol. The van der Waals surface area contributed by atoms with E-state index in [1.54, 1.807) is 29.0 Å². The Morgan fingerprint density at radius 2 is 2.03 bits per heavy atom. The van der Waals surface area contributed by atoms with Crippen LogP contribution in [0.15, 0.2) is 53.3 Å². The van der Waals surface area contributed by atoms with Gasteiger partial charge in [-0.05, 0) is 49.2 Å². The lowest BCUT2D eigenvalue weighted by molar-refractivity contribution is 0.560. The maximum atomic E-state index is 14.5. The molecule has 1 atom stereocenters. The van der Waals surface area contributed by atoms with Gasteiger partial charge in [-0.1, -0.05) is 15.9 Å². The highest BCUT2D eigenvalue weighted by molar-refractivity contribution is 9.10. The predicted molar refractivity (Wildman–Crippen MR) is 128 cm³/mol. The van der Waals surface area contributed by atoms with Crippen molar-refractivity contribution in [3.05, 3.63) is 81.9 Å². The topological polar surface area (TPSA) is 66.5 Å². The van der Waals surface area contributed by atoms with Crippen LogP contribution in [-0.4, -0.2) is 31.1 Å². The maximum Gasteiger partial charge on any atom is 0.203 e. The number of nitrogens with one attached hydrogen (secondary N) is 1. The number of nitrogens with zero attached hydrogens (tertiary/aromatic N) is 6. The van der Waals surface area contributed by atoms with Gasteiger partial charge < -0.3 is 9.88 Å². The molecule has 1 saturated heterocycles. The van der Waals surface area contributed by atoms with Gasteiger partial charge in [0.15, 0.2) is 5.65 Å². The number of rotatable bonds is 3. The number of halogens is 3. The molecule has 1 fully saturated rings. The molecule has 34 heavy (non-hydrogen) atoms. The van der Waals surface area contributed by atoms with Crippen molar-refractivity contribution < 1.29 is 8.78 Å². The molecule has 1 aliphatic heterocycles. The Morgan fingerprint density at radius 3 is 2.88 bits per heavy atom. The number of H-pyrrole nitrogens is 1. The molecule has 168 valence electrons. The summed E-state index contributed by atoms with van der Waals surface area (Å²) in [6.07, 6.45) is 5.04.